The van der Waals surface area contributed by atoms with E-state index in [4.69, 9.17) is 6.57 Å². The smallest absolute Gasteiger partial charge is 0.279 e. The monoisotopic (exact) mass is 371 g/mol. The van der Waals surface area contributed by atoms with Gasteiger partial charge in [0, 0.05) is 18.7 Å². The van der Waals surface area contributed by atoms with Crippen molar-refractivity contribution >= 4 is 22.7 Å². The fraction of sp³-hybridized carbons (Fsp3) is 0.294. The zero-order chi connectivity index (χ0) is 20.1. The molecular formula is C17H17N5O5. The summed E-state index contributed by atoms with van der Waals surface area (Å²) in [6.07, 6.45) is 1.38. The van der Waals surface area contributed by atoms with Gasteiger partial charge in [0.05, 0.1) is 11.5 Å². The summed E-state index contributed by atoms with van der Waals surface area (Å²) in [5, 5.41) is 38.4. The standard InChI is InChI=1S/C17H17N5O5/c1-4-5-8-21-16(24)14(18-3)10(2)15(17(21)25)20-19-12-9-11(22(26)27)6-7-13(12)23/h6-7,9,23-24H,4-5,8H2,1-2H3. The molecule has 2 N–H and O–H groups in total. The van der Waals surface area contributed by atoms with E-state index in [1.807, 2.05) is 6.92 Å². The molecule has 1 aromatic heterocycles. The Morgan fingerprint density at radius 2 is 2.04 bits per heavy atom. The van der Waals surface area contributed by atoms with Gasteiger partial charge in [0.2, 0.25) is 5.69 Å². The van der Waals surface area contributed by atoms with Crippen LogP contribution in [0.1, 0.15) is 25.3 Å². The zero-order valence-corrected chi connectivity index (χ0v) is 14.7. The molecular weight excluding hydrogens is 354 g/mol. The van der Waals surface area contributed by atoms with Gasteiger partial charge in [0.15, 0.2) is 5.88 Å². The van der Waals surface area contributed by atoms with Crippen LogP contribution in [0.5, 0.6) is 11.6 Å². The van der Waals surface area contributed by atoms with Crippen LogP contribution >= 0.6 is 0 Å². The first kappa shape index (κ1) is 19.6. The number of aromatic nitrogens is 1. The Balaban J connectivity index is 2.61. The van der Waals surface area contributed by atoms with Crippen molar-refractivity contribution in [1.82, 2.24) is 4.57 Å². The van der Waals surface area contributed by atoms with Crippen LogP contribution in [0.25, 0.3) is 4.85 Å². The molecule has 1 heterocycles. The van der Waals surface area contributed by atoms with Gasteiger partial charge in [-0.2, -0.15) is 0 Å². The van der Waals surface area contributed by atoms with E-state index in [0.717, 1.165) is 29.2 Å². The van der Waals surface area contributed by atoms with Crippen molar-refractivity contribution in [3.63, 3.8) is 0 Å². The van der Waals surface area contributed by atoms with Crippen LogP contribution in [0, 0.1) is 23.6 Å². The zero-order valence-electron chi connectivity index (χ0n) is 14.7. The molecule has 0 unspecified atom stereocenters. The summed E-state index contributed by atoms with van der Waals surface area (Å²) in [7, 11) is 0. The molecule has 10 heteroatoms. The lowest BCUT2D eigenvalue weighted by atomic mass is 10.2. The maximum absolute atomic E-state index is 12.6. The normalized spacial score (nSPS) is 10.9. The highest BCUT2D eigenvalue weighted by Gasteiger charge is 2.19. The number of phenols is 1. The van der Waals surface area contributed by atoms with Gasteiger partial charge < -0.3 is 10.2 Å². The molecule has 0 amide bonds. The third-order valence-electron chi connectivity index (χ3n) is 3.90. The van der Waals surface area contributed by atoms with Crippen molar-refractivity contribution in [2.75, 3.05) is 0 Å². The van der Waals surface area contributed by atoms with Crippen LogP contribution in [-0.4, -0.2) is 19.7 Å². The molecule has 0 aliphatic heterocycles. The Kier molecular flexibility index (Phi) is 5.87. The lowest BCUT2D eigenvalue weighted by Gasteiger charge is -2.12. The van der Waals surface area contributed by atoms with E-state index in [2.05, 4.69) is 15.1 Å². The number of nitrogens with zero attached hydrogens (tertiary/aromatic N) is 5. The van der Waals surface area contributed by atoms with E-state index in [1.165, 1.54) is 6.92 Å². The molecule has 0 spiro atoms. The molecule has 0 fully saturated rings. The van der Waals surface area contributed by atoms with Crippen molar-refractivity contribution in [2.24, 2.45) is 10.2 Å². The Labute approximate surface area is 154 Å². The molecule has 0 aliphatic rings. The second-order valence-electron chi connectivity index (χ2n) is 5.70. The molecule has 1 aromatic carbocycles. The fourth-order valence-corrected chi connectivity index (χ4v) is 2.38. The van der Waals surface area contributed by atoms with E-state index < -0.39 is 16.4 Å². The largest absolute Gasteiger partial charge is 0.506 e. The van der Waals surface area contributed by atoms with Gasteiger partial charge in [-0.1, -0.05) is 13.3 Å². The summed E-state index contributed by atoms with van der Waals surface area (Å²) < 4.78 is 1.05. The van der Waals surface area contributed by atoms with Gasteiger partial charge in [-0.3, -0.25) is 19.5 Å². The Morgan fingerprint density at radius 3 is 2.63 bits per heavy atom. The Morgan fingerprint density at radius 1 is 1.33 bits per heavy atom. The first-order chi connectivity index (χ1) is 12.8. The van der Waals surface area contributed by atoms with E-state index in [1.54, 1.807) is 0 Å². The molecule has 2 rings (SSSR count). The number of unbranched alkanes of at least 4 members (excludes halogenated alkanes) is 1. The number of benzene rings is 1. The average Bonchev–Trinajstić information content (AvgIpc) is 2.63. The molecule has 0 bridgehead atoms. The quantitative estimate of drug-likeness (QED) is 0.339. The second kappa shape index (κ2) is 8.09. The molecule has 140 valence electrons. The van der Waals surface area contributed by atoms with Gasteiger partial charge in [0.1, 0.15) is 17.1 Å². The Bertz CT molecular complexity index is 1020. The third kappa shape index (κ3) is 3.92. The van der Waals surface area contributed by atoms with Crippen LogP contribution < -0.4 is 5.56 Å². The van der Waals surface area contributed by atoms with E-state index >= 15 is 0 Å². The minimum Gasteiger partial charge on any atom is -0.506 e. The SMILES string of the molecule is [C-]#[N+]c1c(C)c(N=Nc2cc([N+](=O)[O-])ccc2O)c(=O)n(CCCC)c1O. The van der Waals surface area contributed by atoms with Crippen LogP contribution in [0.4, 0.5) is 22.7 Å². The number of hydrogen-bond acceptors (Lipinski definition) is 7. The van der Waals surface area contributed by atoms with Crippen molar-refractivity contribution in [2.45, 2.75) is 33.2 Å². The number of aromatic hydroxyl groups is 2. The molecule has 0 saturated heterocycles. The van der Waals surface area contributed by atoms with Gasteiger partial charge in [-0.15, -0.1) is 10.2 Å². The number of pyridine rings is 1. The van der Waals surface area contributed by atoms with Gasteiger partial charge in [-0.25, -0.2) is 4.85 Å². The van der Waals surface area contributed by atoms with Crippen molar-refractivity contribution in [3.8, 4) is 11.6 Å². The predicted molar refractivity (Wildman–Crippen MR) is 97.2 cm³/mol. The van der Waals surface area contributed by atoms with Crippen molar-refractivity contribution < 1.29 is 15.1 Å². The predicted octanol–water partition coefficient (Wildman–Crippen LogP) is 4.24. The number of nitro groups is 1. The highest BCUT2D eigenvalue weighted by Crippen LogP contribution is 2.36. The van der Waals surface area contributed by atoms with Gasteiger partial charge in [-0.05, 0) is 25.0 Å². The molecule has 10 nitrogen and oxygen atoms in total. The number of hydrogen-bond donors (Lipinski definition) is 2. The average molecular weight is 371 g/mol. The molecule has 2 aromatic rings. The van der Waals surface area contributed by atoms with Crippen LogP contribution in [-0.2, 0) is 6.54 Å². The van der Waals surface area contributed by atoms with Crippen molar-refractivity contribution in [3.05, 3.63) is 55.6 Å². The number of nitro benzene ring substituents is 1. The maximum Gasteiger partial charge on any atom is 0.279 e. The Hall–Kier alpha value is -3.74. The fourth-order valence-electron chi connectivity index (χ4n) is 2.38. The highest BCUT2D eigenvalue weighted by molar-refractivity contribution is 5.67. The first-order valence-electron chi connectivity index (χ1n) is 8.04. The second-order valence-corrected chi connectivity index (χ2v) is 5.70. The summed E-state index contributed by atoms with van der Waals surface area (Å²) in [5.41, 5.74) is -1.30. The topological polar surface area (TPSA) is 135 Å². The molecule has 0 saturated carbocycles. The van der Waals surface area contributed by atoms with Crippen LogP contribution in [0.15, 0.2) is 33.2 Å². The summed E-state index contributed by atoms with van der Waals surface area (Å²) in [6, 6.07) is 3.22. The first-order valence-corrected chi connectivity index (χ1v) is 8.04. The lowest BCUT2D eigenvalue weighted by Crippen LogP contribution is -2.20. The van der Waals surface area contributed by atoms with Gasteiger partial charge >= 0.3 is 0 Å². The van der Waals surface area contributed by atoms with Crippen LogP contribution in [0.3, 0.4) is 0 Å². The summed E-state index contributed by atoms with van der Waals surface area (Å²) in [4.78, 5) is 26.1. The van der Waals surface area contributed by atoms with E-state index in [9.17, 15) is 25.1 Å². The maximum atomic E-state index is 12.6. The molecule has 0 radical (unpaired) electrons. The number of rotatable bonds is 6. The molecule has 27 heavy (non-hydrogen) atoms. The number of phenolic OH excluding ortho intramolecular Hbond substituents is 1. The van der Waals surface area contributed by atoms with Gasteiger partial charge in [0.25, 0.3) is 11.2 Å². The van der Waals surface area contributed by atoms with E-state index in [-0.39, 0.29) is 40.6 Å². The molecule has 0 atom stereocenters. The number of azo groups is 1. The van der Waals surface area contributed by atoms with E-state index in [0.29, 0.717) is 6.42 Å². The lowest BCUT2D eigenvalue weighted by molar-refractivity contribution is -0.384. The summed E-state index contributed by atoms with van der Waals surface area (Å²) in [6.45, 7) is 10.8. The van der Waals surface area contributed by atoms with Crippen molar-refractivity contribution in [1.29, 1.82) is 0 Å². The highest BCUT2D eigenvalue weighted by atomic mass is 16.6. The summed E-state index contributed by atoms with van der Waals surface area (Å²) in [5.74, 6) is -0.782. The molecule has 0 aliphatic carbocycles. The van der Waals surface area contributed by atoms with Crippen LogP contribution in [0.2, 0.25) is 0 Å². The minimum atomic E-state index is -0.654. The summed E-state index contributed by atoms with van der Waals surface area (Å²) >= 11 is 0. The number of non-ortho nitro benzene ring substituents is 1. The third-order valence-corrected chi connectivity index (χ3v) is 3.90. The minimum absolute atomic E-state index is 0.122.